The SMILES string of the molecule is Clc1ccc(CC2=CC=CC2)cc1. The standard InChI is InChI=1S/C12H11Cl/c13-12-7-5-11(6-8-12)9-10-3-1-2-4-10/h1-3,5-8H,4,9H2. The minimum atomic E-state index is 0.808. The number of halogens is 1. The first-order chi connectivity index (χ1) is 6.34. The lowest BCUT2D eigenvalue weighted by molar-refractivity contribution is 1.09. The normalized spacial score (nSPS) is 14.7. The first-order valence-corrected chi connectivity index (χ1v) is 4.81. The topological polar surface area (TPSA) is 0 Å². The van der Waals surface area contributed by atoms with Crippen LogP contribution in [0.3, 0.4) is 0 Å². The van der Waals surface area contributed by atoms with E-state index in [4.69, 9.17) is 11.6 Å². The summed E-state index contributed by atoms with van der Waals surface area (Å²) in [6.45, 7) is 0. The molecule has 0 unspecified atom stereocenters. The van der Waals surface area contributed by atoms with Gasteiger partial charge in [-0.2, -0.15) is 0 Å². The maximum Gasteiger partial charge on any atom is 0.0406 e. The Labute approximate surface area is 83.5 Å². The van der Waals surface area contributed by atoms with Crippen molar-refractivity contribution in [1.82, 2.24) is 0 Å². The van der Waals surface area contributed by atoms with Gasteiger partial charge in [-0.3, -0.25) is 0 Å². The van der Waals surface area contributed by atoms with E-state index in [-0.39, 0.29) is 0 Å². The number of benzene rings is 1. The molecule has 0 fully saturated rings. The second-order valence-electron chi connectivity index (χ2n) is 3.26. The Morgan fingerprint density at radius 2 is 1.92 bits per heavy atom. The van der Waals surface area contributed by atoms with E-state index in [1.54, 1.807) is 0 Å². The fourth-order valence-electron chi connectivity index (χ4n) is 1.49. The minimum absolute atomic E-state index is 0.808. The number of hydrogen-bond acceptors (Lipinski definition) is 0. The molecule has 0 saturated heterocycles. The molecule has 2 rings (SSSR count). The van der Waals surface area contributed by atoms with Crippen molar-refractivity contribution in [3.8, 4) is 0 Å². The van der Waals surface area contributed by atoms with Crippen molar-refractivity contribution in [2.24, 2.45) is 0 Å². The Kier molecular flexibility index (Phi) is 2.51. The number of rotatable bonds is 2. The maximum absolute atomic E-state index is 5.80. The molecule has 1 aliphatic rings. The molecule has 1 heteroatoms. The van der Waals surface area contributed by atoms with Gasteiger partial charge < -0.3 is 0 Å². The van der Waals surface area contributed by atoms with Gasteiger partial charge in [0.15, 0.2) is 0 Å². The zero-order valence-corrected chi connectivity index (χ0v) is 8.09. The van der Waals surface area contributed by atoms with Gasteiger partial charge in [0.05, 0.1) is 0 Å². The van der Waals surface area contributed by atoms with Crippen LogP contribution < -0.4 is 0 Å². The van der Waals surface area contributed by atoms with Crippen LogP contribution in [0.5, 0.6) is 0 Å². The monoisotopic (exact) mass is 190 g/mol. The molecule has 0 aliphatic heterocycles. The molecule has 0 spiro atoms. The highest BCUT2D eigenvalue weighted by molar-refractivity contribution is 6.30. The van der Waals surface area contributed by atoms with E-state index >= 15 is 0 Å². The summed E-state index contributed by atoms with van der Waals surface area (Å²) in [7, 11) is 0. The van der Waals surface area contributed by atoms with Crippen LogP contribution in [0.4, 0.5) is 0 Å². The Morgan fingerprint density at radius 1 is 1.15 bits per heavy atom. The summed E-state index contributed by atoms with van der Waals surface area (Å²) in [4.78, 5) is 0. The highest BCUT2D eigenvalue weighted by Gasteiger charge is 2.00. The second kappa shape index (κ2) is 3.80. The third kappa shape index (κ3) is 2.22. The third-order valence-corrected chi connectivity index (χ3v) is 2.44. The minimum Gasteiger partial charge on any atom is -0.0843 e. The second-order valence-corrected chi connectivity index (χ2v) is 3.70. The van der Waals surface area contributed by atoms with Crippen molar-refractivity contribution in [3.63, 3.8) is 0 Å². The summed E-state index contributed by atoms with van der Waals surface area (Å²) >= 11 is 5.80. The highest BCUT2D eigenvalue weighted by Crippen LogP contribution is 2.17. The van der Waals surface area contributed by atoms with Crippen molar-refractivity contribution < 1.29 is 0 Å². The van der Waals surface area contributed by atoms with E-state index in [0.29, 0.717) is 0 Å². The molecular formula is C12H11Cl. The van der Waals surface area contributed by atoms with E-state index in [1.807, 2.05) is 12.1 Å². The van der Waals surface area contributed by atoms with Gasteiger partial charge in [0.25, 0.3) is 0 Å². The number of hydrogen-bond donors (Lipinski definition) is 0. The van der Waals surface area contributed by atoms with E-state index in [2.05, 4.69) is 30.4 Å². The molecule has 0 radical (unpaired) electrons. The van der Waals surface area contributed by atoms with Crippen LogP contribution >= 0.6 is 11.6 Å². The molecule has 0 atom stereocenters. The van der Waals surface area contributed by atoms with Crippen LogP contribution in [0, 0.1) is 0 Å². The van der Waals surface area contributed by atoms with Crippen molar-refractivity contribution in [2.45, 2.75) is 12.8 Å². The Morgan fingerprint density at radius 3 is 2.54 bits per heavy atom. The van der Waals surface area contributed by atoms with Gasteiger partial charge in [-0.05, 0) is 30.5 Å². The van der Waals surface area contributed by atoms with Gasteiger partial charge in [0, 0.05) is 5.02 Å². The van der Waals surface area contributed by atoms with E-state index in [0.717, 1.165) is 17.9 Å². The molecule has 0 saturated carbocycles. The van der Waals surface area contributed by atoms with Crippen molar-refractivity contribution in [1.29, 1.82) is 0 Å². The Balaban J connectivity index is 2.06. The highest BCUT2D eigenvalue weighted by atomic mass is 35.5. The van der Waals surface area contributed by atoms with Gasteiger partial charge in [-0.1, -0.05) is 47.5 Å². The summed E-state index contributed by atoms with van der Waals surface area (Å²) in [5.74, 6) is 0. The van der Waals surface area contributed by atoms with Gasteiger partial charge in [-0.25, -0.2) is 0 Å². The Hall–Kier alpha value is -1.01. The lowest BCUT2D eigenvalue weighted by Crippen LogP contribution is -1.86. The summed E-state index contributed by atoms with van der Waals surface area (Å²) in [5.41, 5.74) is 2.81. The third-order valence-electron chi connectivity index (χ3n) is 2.19. The van der Waals surface area contributed by atoms with Crippen molar-refractivity contribution in [3.05, 3.63) is 58.7 Å². The molecule has 0 heterocycles. The summed E-state index contributed by atoms with van der Waals surface area (Å²) < 4.78 is 0. The molecule has 1 aromatic carbocycles. The van der Waals surface area contributed by atoms with E-state index in [9.17, 15) is 0 Å². The average Bonchev–Trinajstić information content (AvgIpc) is 2.62. The molecule has 13 heavy (non-hydrogen) atoms. The molecule has 0 aromatic heterocycles. The van der Waals surface area contributed by atoms with E-state index < -0.39 is 0 Å². The fraction of sp³-hybridized carbons (Fsp3) is 0.167. The first kappa shape index (κ1) is 8.58. The van der Waals surface area contributed by atoms with Crippen LogP contribution in [0.25, 0.3) is 0 Å². The molecule has 1 aromatic rings. The van der Waals surface area contributed by atoms with Crippen LogP contribution in [-0.4, -0.2) is 0 Å². The average molecular weight is 191 g/mol. The largest absolute Gasteiger partial charge is 0.0843 e. The molecule has 0 bridgehead atoms. The molecule has 0 N–H and O–H groups in total. The molecule has 0 nitrogen and oxygen atoms in total. The predicted molar refractivity (Wildman–Crippen MR) is 57.0 cm³/mol. The molecule has 66 valence electrons. The zero-order chi connectivity index (χ0) is 9.10. The van der Waals surface area contributed by atoms with Gasteiger partial charge in [0.2, 0.25) is 0 Å². The van der Waals surface area contributed by atoms with Crippen LogP contribution in [-0.2, 0) is 6.42 Å². The van der Waals surface area contributed by atoms with Gasteiger partial charge >= 0.3 is 0 Å². The van der Waals surface area contributed by atoms with E-state index in [1.165, 1.54) is 11.1 Å². The van der Waals surface area contributed by atoms with Gasteiger partial charge in [-0.15, -0.1) is 0 Å². The quantitative estimate of drug-likeness (QED) is 0.666. The molecule has 0 amide bonds. The van der Waals surface area contributed by atoms with Crippen molar-refractivity contribution >= 4 is 11.6 Å². The summed E-state index contributed by atoms with van der Waals surface area (Å²) in [6, 6.07) is 8.06. The molecular weight excluding hydrogens is 180 g/mol. The van der Waals surface area contributed by atoms with Crippen LogP contribution in [0.2, 0.25) is 5.02 Å². The smallest absolute Gasteiger partial charge is 0.0406 e. The van der Waals surface area contributed by atoms with Crippen LogP contribution in [0.15, 0.2) is 48.1 Å². The molecule has 1 aliphatic carbocycles. The fourth-order valence-corrected chi connectivity index (χ4v) is 1.61. The number of allylic oxidation sites excluding steroid dienone is 4. The lowest BCUT2D eigenvalue weighted by atomic mass is 10.1. The summed E-state index contributed by atoms with van der Waals surface area (Å²) in [6.07, 6.45) is 8.64. The lowest BCUT2D eigenvalue weighted by Gasteiger charge is -2.01. The Bertz CT molecular complexity index is 344. The first-order valence-electron chi connectivity index (χ1n) is 4.43. The zero-order valence-electron chi connectivity index (χ0n) is 7.33. The van der Waals surface area contributed by atoms with Crippen LogP contribution in [0.1, 0.15) is 12.0 Å². The van der Waals surface area contributed by atoms with Crippen molar-refractivity contribution in [2.75, 3.05) is 0 Å². The summed E-state index contributed by atoms with van der Waals surface area (Å²) in [5, 5.41) is 0.808. The predicted octanol–water partition coefficient (Wildman–Crippen LogP) is 3.77. The maximum atomic E-state index is 5.80. The van der Waals surface area contributed by atoms with Gasteiger partial charge in [0.1, 0.15) is 0 Å².